The zero-order valence-electron chi connectivity index (χ0n) is 15.9. The van der Waals surface area contributed by atoms with Crippen molar-refractivity contribution in [1.82, 2.24) is 4.90 Å². The molecule has 2 aromatic rings. The molecule has 0 saturated carbocycles. The standard InChI is InChI=1S/C22H24N2O3/c1-22(2,3)27-21(25)23-14-8-9-16(15-23)24-17-10-4-6-12-19(17)26-20-13-7-5-11-18(20)24/h4-13,16H,14-15H2,1-3H3/t16-/m0/s1. The van der Waals surface area contributed by atoms with Crippen LogP contribution in [-0.4, -0.2) is 35.7 Å². The Morgan fingerprint density at radius 1 is 1.04 bits per heavy atom. The second-order valence-electron chi connectivity index (χ2n) is 7.79. The first-order valence-corrected chi connectivity index (χ1v) is 9.22. The van der Waals surface area contributed by atoms with Gasteiger partial charge in [-0.2, -0.15) is 0 Å². The zero-order chi connectivity index (χ0) is 19.0. The highest BCUT2D eigenvalue weighted by molar-refractivity contribution is 5.79. The summed E-state index contributed by atoms with van der Waals surface area (Å²) >= 11 is 0. The molecule has 1 amide bonds. The van der Waals surface area contributed by atoms with Gasteiger partial charge < -0.3 is 19.3 Å². The monoisotopic (exact) mass is 364 g/mol. The van der Waals surface area contributed by atoms with E-state index in [0.717, 1.165) is 22.9 Å². The van der Waals surface area contributed by atoms with Crippen LogP contribution < -0.4 is 9.64 Å². The molecule has 2 aliphatic rings. The third kappa shape index (κ3) is 3.50. The normalized spacial score (nSPS) is 18.4. The highest BCUT2D eigenvalue weighted by Crippen LogP contribution is 2.47. The quantitative estimate of drug-likeness (QED) is 0.660. The largest absolute Gasteiger partial charge is 0.453 e. The van der Waals surface area contributed by atoms with Crippen LogP contribution in [0.2, 0.25) is 0 Å². The van der Waals surface area contributed by atoms with Crippen LogP contribution in [-0.2, 0) is 4.74 Å². The molecule has 2 aromatic carbocycles. The van der Waals surface area contributed by atoms with E-state index in [0.29, 0.717) is 13.1 Å². The van der Waals surface area contributed by atoms with E-state index >= 15 is 0 Å². The Bertz CT molecular complexity index is 840. The van der Waals surface area contributed by atoms with E-state index in [1.165, 1.54) is 0 Å². The van der Waals surface area contributed by atoms with Crippen molar-refractivity contribution in [1.29, 1.82) is 0 Å². The molecule has 0 radical (unpaired) electrons. The molecule has 4 rings (SSSR count). The van der Waals surface area contributed by atoms with Crippen LogP contribution in [0.25, 0.3) is 0 Å². The highest BCUT2D eigenvalue weighted by atomic mass is 16.6. The minimum atomic E-state index is -0.508. The number of carbonyl (C=O) groups is 1. The molecule has 0 unspecified atom stereocenters. The van der Waals surface area contributed by atoms with Gasteiger partial charge in [0.15, 0.2) is 11.5 Å². The summed E-state index contributed by atoms with van der Waals surface area (Å²) < 4.78 is 11.6. The van der Waals surface area contributed by atoms with Crippen molar-refractivity contribution in [3.8, 4) is 11.5 Å². The number of amides is 1. The van der Waals surface area contributed by atoms with Crippen LogP contribution in [0.5, 0.6) is 11.5 Å². The van der Waals surface area contributed by atoms with Gasteiger partial charge in [0.2, 0.25) is 0 Å². The van der Waals surface area contributed by atoms with E-state index in [-0.39, 0.29) is 12.1 Å². The van der Waals surface area contributed by atoms with Gasteiger partial charge in [0.1, 0.15) is 5.60 Å². The topological polar surface area (TPSA) is 42.0 Å². The van der Waals surface area contributed by atoms with Gasteiger partial charge in [0.05, 0.1) is 17.4 Å². The van der Waals surface area contributed by atoms with Crippen molar-refractivity contribution in [2.24, 2.45) is 0 Å². The second kappa shape index (κ2) is 6.65. The smallest absolute Gasteiger partial charge is 0.410 e. The maximum atomic E-state index is 12.6. The first kappa shape index (κ1) is 17.5. The number of hydrogen-bond donors (Lipinski definition) is 0. The number of hydrogen-bond acceptors (Lipinski definition) is 4. The Hall–Kier alpha value is -2.95. The van der Waals surface area contributed by atoms with E-state index in [1.54, 1.807) is 4.90 Å². The summed E-state index contributed by atoms with van der Waals surface area (Å²) in [5.41, 5.74) is 1.49. The Morgan fingerprint density at radius 3 is 2.22 bits per heavy atom. The second-order valence-corrected chi connectivity index (χ2v) is 7.79. The lowest BCUT2D eigenvalue weighted by Gasteiger charge is -2.41. The van der Waals surface area contributed by atoms with Crippen molar-refractivity contribution < 1.29 is 14.3 Å². The van der Waals surface area contributed by atoms with Crippen LogP contribution in [0.4, 0.5) is 16.2 Å². The van der Waals surface area contributed by atoms with Gasteiger partial charge in [-0.05, 0) is 45.0 Å². The fourth-order valence-corrected chi connectivity index (χ4v) is 3.44. The lowest BCUT2D eigenvalue weighted by atomic mass is 10.1. The SMILES string of the molecule is CC(C)(C)OC(=O)N1CC=C[C@H](N2c3ccccc3Oc3ccccc32)C1. The lowest BCUT2D eigenvalue weighted by Crippen LogP contribution is -2.48. The third-order valence-corrected chi connectivity index (χ3v) is 4.54. The Labute approximate surface area is 159 Å². The van der Waals surface area contributed by atoms with Gasteiger partial charge in [-0.25, -0.2) is 4.79 Å². The number of rotatable bonds is 1. The Morgan fingerprint density at radius 2 is 1.63 bits per heavy atom. The molecule has 1 atom stereocenters. The Balaban J connectivity index is 1.66. The number of para-hydroxylation sites is 4. The van der Waals surface area contributed by atoms with Gasteiger partial charge in [0.25, 0.3) is 0 Å². The van der Waals surface area contributed by atoms with E-state index in [1.807, 2.05) is 75.4 Å². The molecule has 0 aliphatic carbocycles. The average molecular weight is 364 g/mol. The van der Waals surface area contributed by atoms with E-state index in [4.69, 9.17) is 9.47 Å². The first-order chi connectivity index (χ1) is 12.9. The van der Waals surface area contributed by atoms with Gasteiger partial charge >= 0.3 is 6.09 Å². The summed E-state index contributed by atoms with van der Waals surface area (Å²) in [6.45, 7) is 6.76. The minimum Gasteiger partial charge on any atom is -0.453 e. The molecule has 0 fully saturated rings. The predicted molar refractivity (Wildman–Crippen MR) is 106 cm³/mol. The molecule has 0 N–H and O–H groups in total. The number of anilines is 2. The maximum Gasteiger partial charge on any atom is 0.410 e. The average Bonchev–Trinajstić information content (AvgIpc) is 2.65. The first-order valence-electron chi connectivity index (χ1n) is 9.22. The molecular formula is C22H24N2O3. The number of ether oxygens (including phenoxy) is 2. The minimum absolute atomic E-state index is 0.00234. The van der Waals surface area contributed by atoms with Crippen molar-refractivity contribution in [3.05, 3.63) is 60.7 Å². The highest BCUT2D eigenvalue weighted by Gasteiger charge is 2.33. The fourth-order valence-electron chi connectivity index (χ4n) is 3.44. The molecule has 0 spiro atoms. The summed E-state index contributed by atoms with van der Waals surface area (Å²) in [5, 5.41) is 0. The van der Waals surface area contributed by atoms with Crippen molar-refractivity contribution in [2.45, 2.75) is 32.4 Å². The van der Waals surface area contributed by atoms with Crippen LogP contribution in [0.1, 0.15) is 20.8 Å². The number of carbonyl (C=O) groups excluding carboxylic acids is 1. The predicted octanol–water partition coefficient (Wildman–Crippen LogP) is 5.11. The third-order valence-electron chi connectivity index (χ3n) is 4.54. The molecule has 0 saturated heterocycles. The van der Waals surface area contributed by atoms with Gasteiger partial charge in [-0.1, -0.05) is 36.4 Å². The summed E-state index contributed by atoms with van der Waals surface area (Å²) in [4.78, 5) is 16.5. The summed E-state index contributed by atoms with van der Waals surface area (Å²) in [6, 6.07) is 16.0. The molecule has 5 nitrogen and oxygen atoms in total. The number of benzene rings is 2. The van der Waals surface area contributed by atoms with E-state index in [9.17, 15) is 4.79 Å². The van der Waals surface area contributed by atoms with Crippen LogP contribution >= 0.6 is 0 Å². The summed E-state index contributed by atoms with van der Waals surface area (Å²) in [5.74, 6) is 1.64. The fraction of sp³-hybridized carbons (Fsp3) is 0.318. The van der Waals surface area contributed by atoms with Crippen LogP contribution in [0, 0.1) is 0 Å². The zero-order valence-corrected chi connectivity index (χ0v) is 15.9. The van der Waals surface area contributed by atoms with Gasteiger partial charge in [-0.15, -0.1) is 0 Å². The molecule has 0 aromatic heterocycles. The van der Waals surface area contributed by atoms with E-state index < -0.39 is 5.60 Å². The van der Waals surface area contributed by atoms with Gasteiger partial charge in [-0.3, -0.25) is 0 Å². The summed E-state index contributed by atoms with van der Waals surface area (Å²) in [6.07, 6.45) is 3.89. The molecule has 2 heterocycles. The van der Waals surface area contributed by atoms with Crippen LogP contribution in [0.3, 0.4) is 0 Å². The molecule has 140 valence electrons. The van der Waals surface area contributed by atoms with Crippen molar-refractivity contribution in [2.75, 3.05) is 18.0 Å². The number of fused-ring (bicyclic) bond motifs is 2. The van der Waals surface area contributed by atoms with Crippen LogP contribution in [0.15, 0.2) is 60.7 Å². The number of nitrogens with zero attached hydrogens (tertiary/aromatic N) is 2. The molecule has 5 heteroatoms. The van der Waals surface area contributed by atoms with Crippen molar-refractivity contribution in [3.63, 3.8) is 0 Å². The molecule has 2 aliphatic heterocycles. The maximum absolute atomic E-state index is 12.6. The molecule has 0 bridgehead atoms. The lowest BCUT2D eigenvalue weighted by molar-refractivity contribution is 0.0260. The summed E-state index contributed by atoms with van der Waals surface area (Å²) in [7, 11) is 0. The molecule has 27 heavy (non-hydrogen) atoms. The van der Waals surface area contributed by atoms with Gasteiger partial charge in [0, 0.05) is 13.1 Å². The van der Waals surface area contributed by atoms with Crippen molar-refractivity contribution >= 4 is 17.5 Å². The molecular weight excluding hydrogens is 340 g/mol. The Kier molecular flexibility index (Phi) is 4.30. The van der Waals surface area contributed by atoms with E-state index in [2.05, 4.69) is 11.0 Å².